The molecule has 1 amide bonds. The number of aromatic nitrogens is 6. The largest absolute Gasteiger partial charge is 0.459 e. The van der Waals surface area contributed by atoms with Crippen LogP contribution in [0.5, 0.6) is 0 Å². The lowest BCUT2D eigenvalue weighted by Gasteiger charge is -2.34. The summed E-state index contributed by atoms with van der Waals surface area (Å²) in [5.74, 6) is -0.798. The smallest absolute Gasteiger partial charge is 0.360 e. The van der Waals surface area contributed by atoms with Crippen molar-refractivity contribution in [1.29, 1.82) is 0 Å². The van der Waals surface area contributed by atoms with E-state index in [-0.39, 0.29) is 29.9 Å². The Morgan fingerprint density at radius 3 is 2.06 bits per heavy atom. The van der Waals surface area contributed by atoms with Crippen molar-refractivity contribution in [2.45, 2.75) is 25.3 Å². The van der Waals surface area contributed by atoms with Gasteiger partial charge in [-0.05, 0) is 43.5 Å². The maximum absolute atomic E-state index is 13.2. The third kappa shape index (κ3) is 4.56. The fourth-order valence-corrected chi connectivity index (χ4v) is 3.97. The number of esters is 1. The van der Waals surface area contributed by atoms with Crippen molar-refractivity contribution in [2.75, 3.05) is 13.2 Å². The molecule has 0 bridgehead atoms. The Hall–Kier alpha value is -4.34. The molecule has 1 fully saturated rings. The van der Waals surface area contributed by atoms with Crippen LogP contribution in [0.15, 0.2) is 73.1 Å². The molecular formula is C24H23N7O3. The van der Waals surface area contributed by atoms with Crippen LogP contribution in [0, 0.1) is 0 Å². The molecular weight excluding hydrogens is 434 g/mol. The molecule has 34 heavy (non-hydrogen) atoms. The van der Waals surface area contributed by atoms with Crippen molar-refractivity contribution in [2.24, 2.45) is 0 Å². The molecule has 0 unspecified atom stereocenters. The lowest BCUT2D eigenvalue weighted by Crippen LogP contribution is -2.46. The molecule has 2 aromatic carbocycles. The summed E-state index contributed by atoms with van der Waals surface area (Å²) in [5, 5.41) is 16.1. The normalized spacial score (nSPS) is 15.8. The number of hydrogen-bond acceptors (Lipinski definition) is 7. The Morgan fingerprint density at radius 2 is 1.41 bits per heavy atom. The van der Waals surface area contributed by atoms with Gasteiger partial charge < -0.3 is 9.64 Å². The molecule has 5 rings (SSSR count). The summed E-state index contributed by atoms with van der Waals surface area (Å²) in [6.07, 6.45) is 5.73. The number of amides is 1. The van der Waals surface area contributed by atoms with Crippen LogP contribution in [0.25, 0.3) is 11.4 Å². The van der Waals surface area contributed by atoms with E-state index in [4.69, 9.17) is 4.74 Å². The number of ether oxygens (including phenoxy) is 1. The number of rotatable bonds is 6. The van der Waals surface area contributed by atoms with E-state index in [1.165, 1.54) is 10.9 Å². The van der Waals surface area contributed by atoms with E-state index in [2.05, 4.69) is 20.6 Å². The zero-order valence-corrected chi connectivity index (χ0v) is 18.4. The monoisotopic (exact) mass is 457 g/mol. The highest BCUT2D eigenvalue weighted by atomic mass is 16.5. The lowest BCUT2D eigenvalue weighted by molar-refractivity contribution is 0.0245. The van der Waals surface area contributed by atoms with Gasteiger partial charge in [-0.25, -0.2) is 14.2 Å². The first-order valence-electron chi connectivity index (χ1n) is 11.1. The van der Waals surface area contributed by atoms with E-state index in [0.717, 1.165) is 30.6 Å². The molecule has 0 saturated carbocycles. The second-order valence-corrected chi connectivity index (χ2v) is 8.01. The summed E-state index contributed by atoms with van der Waals surface area (Å²) >= 11 is 0. The van der Waals surface area contributed by atoms with E-state index >= 15 is 0 Å². The van der Waals surface area contributed by atoms with Gasteiger partial charge in [0.1, 0.15) is 6.61 Å². The van der Waals surface area contributed by atoms with E-state index < -0.39 is 5.97 Å². The maximum atomic E-state index is 13.2. The van der Waals surface area contributed by atoms with Crippen LogP contribution in [0.2, 0.25) is 0 Å². The molecule has 10 nitrogen and oxygen atoms in total. The van der Waals surface area contributed by atoms with Crippen molar-refractivity contribution in [3.8, 4) is 11.4 Å². The Kier molecular flexibility index (Phi) is 6.11. The van der Waals surface area contributed by atoms with Crippen molar-refractivity contribution in [3.63, 3.8) is 0 Å². The molecule has 172 valence electrons. The van der Waals surface area contributed by atoms with Gasteiger partial charge in [-0.15, -0.1) is 10.2 Å². The molecule has 1 aliphatic heterocycles. The lowest BCUT2D eigenvalue weighted by atomic mass is 10.0. The highest BCUT2D eigenvalue weighted by Gasteiger charge is 2.30. The van der Waals surface area contributed by atoms with E-state index in [0.29, 0.717) is 6.54 Å². The SMILES string of the molecule is O=C(OC[C@H]1CCCCN1C(=O)c1cn(-c2ccccc2)nn1)c1cn(-c2ccccc2)nn1. The van der Waals surface area contributed by atoms with Gasteiger partial charge in [-0.1, -0.05) is 46.8 Å². The van der Waals surface area contributed by atoms with E-state index in [1.807, 2.05) is 60.7 Å². The van der Waals surface area contributed by atoms with Crippen LogP contribution in [0.4, 0.5) is 0 Å². The molecule has 3 heterocycles. The Balaban J connectivity index is 1.24. The number of piperidine rings is 1. The van der Waals surface area contributed by atoms with Crippen molar-refractivity contribution >= 4 is 11.9 Å². The third-order valence-corrected chi connectivity index (χ3v) is 5.75. The van der Waals surface area contributed by atoms with Crippen molar-refractivity contribution in [3.05, 3.63) is 84.4 Å². The number of likely N-dealkylation sites (tertiary alicyclic amines) is 1. The topological polar surface area (TPSA) is 108 Å². The summed E-state index contributed by atoms with van der Waals surface area (Å²) in [5.41, 5.74) is 1.99. The summed E-state index contributed by atoms with van der Waals surface area (Å²) < 4.78 is 8.61. The standard InChI is InChI=1S/C24H23N7O3/c32-23(21-15-30(27-25-21)18-9-3-1-4-10-18)29-14-8-7-13-20(29)17-34-24(33)22-16-31(28-26-22)19-11-5-2-6-12-19/h1-6,9-12,15-16,20H,7-8,13-14,17H2/t20-/m1/s1. The minimum absolute atomic E-state index is 0.0790. The minimum Gasteiger partial charge on any atom is -0.459 e. The van der Waals surface area contributed by atoms with Crippen LogP contribution in [0.3, 0.4) is 0 Å². The van der Waals surface area contributed by atoms with E-state index in [9.17, 15) is 9.59 Å². The zero-order valence-electron chi connectivity index (χ0n) is 18.4. The average Bonchev–Trinajstić information content (AvgIpc) is 3.59. The molecule has 0 radical (unpaired) electrons. The second-order valence-electron chi connectivity index (χ2n) is 8.01. The number of carbonyl (C=O) groups excluding carboxylic acids is 2. The van der Waals surface area contributed by atoms with Gasteiger partial charge in [-0.2, -0.15) is 0 Å². The first-order chi connectivity index (χ1) is 16.7. The van der Waals surface area contributed by atoms with Crippen LogP contribution >= 0.6 is 0 Å². The summed E-state index contributed by atoms with van der Waals surface area (Å²) in [6, 6.07) is 18.6. The van der Waals surface area contributed by atoms with Gasteiger partial charge >= 0.3 is 5.97 Å². The van der Waals surface area contributed by atoms with Gasteiger partial charge in [0.2, 0.25) is 0 Å². The van der Waals surface area contributed by atoms with E-state index in [1.54, 1.807) is 15.8 Å². The molecule has 4 aromatic rings. The molecule has 2 aromatic heterocycles. The molecule has 1 aliphatic rings. The van der Waals surface area contributed by atoms with Gasteiger partial charge in [0, 0.05) is 6.54 Å². The number of para-hydroxylation sites is 2. The Labute approximate surface area is 195 Å². The van der Waals surface area contributed by atoms with Crippen molar-refractivity contribution < 1.29 is 14.3 Å². The van der Waals surface area contributed by atoms with Crippen LogP contribution < -0.4 is 0 Å². The van der Waals surface area contributed by atoms with Gasteiger partial charge in [0.05, 0.1) is 29.8 Å². The highest BCUT2D eigenvalue weighted by Crippen LogP contribution is 2.20. The fourth-order valence-electron chi connectivity index (χ4n) is 3.97. The predicted molar refractivity (Wildman–Crippen MR) is 122 cm³/mol. The van der Waals surface area contributed by atoms with Gasteiger partial charge in [-0.3, -0.25) is 4.79 Å². The molecule has 1 atom stereocenters. The van der Waals surface area contributed by atoms with Crippen LogP contribution in [-0.4, -0.2) is 66.0 Å². The number of carbonyl (C=O) groups is 2. The molecule has 0 spiro atoms. The first kappa shape index (κ1) is 21.5. The zero-order chi connectivity index (χ0) is 23.3. The minimum atomic E-state index is -0.574. The first-order valence-corrected chi connectivity index (χ1v) is 11.1. The molecule has 1 saturated heterocycles. The summed E-state index contributed by atoms with van der Waals surface area (Å²) in [6.45, 7) is 0.652. The van der Waals surface area contributed by atoms with Gasteiger partial charge in [0.25, 0.3) is 5.91 Å². The highest BCUT2D eigenvalue weighted by molar-refractivity contribution is 5.92. The average molecular weight is 457 g/mol. The van der Waals surface area contributed by atoms with Crippen molar-refractivity contribution in [1.82, 2.24) is 34.9 Å². The third-order valence-electron chi connectivity index (χ3n) is 5.75. The predicted octanol–water partition coefficient (Wildman–Crippen LogP) is 2.70. The number of benzene rings is 2. The number of nitrogens with zero attached hydrogens (tertiary/aromatic N) is 7. The molecule has 10 heteroatoms. The second kappa shape index (κ2) is 9.65. The van der Waals surface area contributed by atoms with Gasteiger partial charge in [0.15, 0.2) is 11.4 Å². The molecule has 0 aliphatic carbocycles. The van der Waals surface area contributed by atoms with Crippen LogP contribution in [0.1, 0.15) is 40.2 Å². The number of hydrogen-bond donors (Lipinski definition) is 0. The molecule has 0 N–H and O–H groups in total. The van der Waals surface area contributed by atoms with Crippen LogP contribution in [-0.2, 0) is 4.74 Å². The fraction of sp³-hybridized carbons (Fsp3) is 0.250. The quantitative estimate of drug-likeness (QED) is 0.410. The summed E-state index contributed by atoms with van der Waals surface area (Å²) in [4.78, 5) is 27.5. The maximum Gasteiger partial charge on any atom is 0.360 e. The Morgan fingerprint density at radius 1 is 0.824 bits per heavy atom. The summed E-state index contributed by atoms with van der Waals surface area (Å²) in [7, 11) is 0. The Bertz CT molecular complexity index is 1270.